The molecular weight excluding hydrogens is 579 g/mol. The third-order valence-corrected chi connectivity index (χ3v) is 9.83. The van der Waals surface area contributed by atoms with Crippen LogP contribution in [0.5, 0.6) is 11.6 Å². The van der Waals surface area contributed by atoms with Gasteiger partial charge in [-0.05, 0) is 92.7 Å². The number of nitrogens with zero attached hydrogens (tertiary/aromatic N) is 1. The van der Waals surface area contributed by atoms with E-state index in [1.165, 1.54) is 42.4 Å². The predicted molar refractivity (Wildman–Crippen MR) is 197 cm³/mol. The van der Waals surface area contributed by atoms with E-state index in [4.69, 9.17) is 9.72 Å². The Bertz CT molecular complexity index is 2100. The molecule has 0 bridgehead atoms. The molecule has 0 amide bonds. The van der Waals surface area contributed by atoms with Gasteiger partial charge in [-0.25, -0.2) is 4.98 Å². The quantitative estimate of drug-likeness (QED) is 0.192. The number of thiophene rings is 1. The Kier molecular flexibility index (Phi) is 7.53. The van der Waals surface area contributed by atoms with Crippen LogP contribution in [-0.4, -0.2) is 4.98 Å². The highest BCUT2D eigenvalue weighted by Gasteiger charge is 2.16. The van der Waals surface area contributed by atoms with Crippen LogP contribution in [0.3, 0.4) is 0 Å². The minimum Gasteiger partial charge on any atom is -0.439 e. The minimum atomic E-state index is 0.103. The minimum absolute atomic E-state index is 0.103. The maximum Gasteiger partial charge on any atom is 0.219 e. The molecule has 0 radical (unpaired) electrons. The number of hydrogen-bond acceptors (Lipinski definition) is 3. The van der Waals surface area contributed by atoms with Crippen molar-refractivity contribution in [1.82, 2.24) is 4.98 Å². The summed E-state index contributed by atoms with van der Waals surface area (Å²) in [7, 11) is 0. The van der Waals surface area contributed by atoms with Gasteiger partial charge in [0.2, 0.25) is 5.88 Å². The lowest BCUT2D eigenvalue weighted by molar-refractivity contribution is 0.464. The second-order valence-electron chi connectivity index (χ2n) is 14.2. The number of aromatic nitrogens is 1. The smallest absolute Gasteiger partial charge is 0.219 e. The molecule has 2 aromatic heterocycles. The standard InChI is InChI=1S/C43H39NOS/c1-42(2,3)33-18-14-28(15-19-33)30-24-31(29-16-20-34(21-17-29)43(4,5)6)26-32(25-30)38-11-9-13-41(44-38)45-35-22-23-37-36-10-7-8-12-39(36)46-40(37)27-35/h7-27H,1-6H3. The first-order valence-corrected chi connectivity index (χ1v) is 16.8. The number of fused-ring (bicyclic) bond motifs is 3. The highest BCUT2D eigenvalue weighted by atomic mass is 32.1. The zero-order chi connectivity index (χ0) is 32.1. The second kappa shape index (κ2) is 11.6. The Hall–Kier alpha value is -4.73. The van der Waals surface area contributed by atoms with Gasteiger partial charge in [0.1, 0.15) is 5.75 Å². The summed E-state index contributed by atoms with van der Waals surface area (Å²) in [5.74, 6) is 1.37. The molecule has 0 fully saturated rings. The van der Waals surface area contributed by atoms with Crippen molar-refractivity contribution in [2.45, 2.75) is 52.4 Å². The Balaban J connectivity index is 1.27. The summed E-state index contributed by atoms with van der Waals surface area (Å²) in [5.41, 5.74) is 9.49. The van der Waals surface area contributed by atoms with E-state index in [0.717, 1.165) is 28.1 Å². The fourth-order valence-corrected chi connectivity index (χ4v) is 7.09. The average Bonchev–Trinajstić information content (AvgIpc) is 3.42. The molecule has 3 heteroatoms. The van der Waals surface area contributed by atoms with Gasteiger partial charge >= 0.3 is 0 Å². The lowest BCUT2D eigenvalue weighted by Crippen LogP contribution is -2.10. The van der Waals surface area contributed by atoms with Gasteiger partial charge in [-0.1, -0.05) is 114 Å². The zero-order valence-electron chi connectivity index (χ0n) is 27.4. The van der Waals surface area contributed by atoms with Crippen molar-refractivity contribution in [3.63, 3.8) is 0 Å². The van der Waals surface area contributed by atoms with Gasteiger partial charge in [-0.15, -0.1) is 11.3 Å². The molecule has 0 aliphatic rings. The van der Waals surface area contributed by atoms with E-state index in [1.54, 1.807) is 11.3 Å². The van der Waals surface area contributed by atoms with Gasteiger partial charge in [0, 0.05) is 31.8 Å². The molecule has 0 N–H and O–H groups in total. The molecule has 228 valence electrons. The van der Waals surface area contributed by atoms with Crippen LogP contribution in [-0.2, 0) is 10.8 Å². The molecule has 5 aromatic carbocycles. The molecule has 2 nitrogen and oxygen atoms in total. The summed E-state index contributed by atoms with van der Waals surface area (Å²) in [6.07, 6.45) is 0. The summed E-state index contributed by atoms with van der Waals surface area (Å²) in [6, 6.07) is 45.6. The van der Waals surface area contributed by atoms with E-state index < -0.39 is 0 Å². The second-order valence-corrected chi connectivity index (χ2v) is 15.3. The average molecular weight is 618 g/mol. The summed E-state index contributed by atoms with van der Waals surface area (Å²) in [5, 5.41) is 2.54. The zero-order valence-corrected chi connectivity index (χ0v) is 28.2. The highest BCUT2D eigenvalue weighted by molar-refractivity contribution is 7.25. The Morgan fingerprint density at radius 1 is 0.478 bits per heavy atom. The van der Waals surface area contributed by atoms with Crippen LogP contribution in [0.25, 0.3) is 53.7 Å². The van der Waals surface area contributed by atoms with E-state index in [2.05, 4.69) is 151 Å². The summed E-state index contributed by atoms with van der Waals surface area (Å²) in [4.78, 5) is 5.00. The van der Waals surface area contributed by atoms with Crippen LogP contribution < -0.4 is 4.74 Å². The van der Waals surface area contributed by atoms with E-state index >= 15 is 0 Å². The van der Waals surface area contributed by atoms with Crippen molar-refractivity contribution in [3.8, 4) is 45.1 Å². The van der Waals surface area contributed by atoms with Crippen LogP contribution in [0.4, 0.5) is 0 Å². The summed E-state index contributed by atoms with van der Waals surface area (Å²) < 4.78 is 8.85. The molecule has 0 spiro atoms. The number of ether oxygens (including phenoxy) is 1. The number of pyridine rings is 1. The van der Waals surface area contributed by atoms with E-state index in [1.807, 2.05) is 18.2 Å². The molecular formula is C43H39NOS. The summed E-state index contributed by atoms with van der Waals surface area (Å²) >= 11 is 1.79. The molecule has 0 saturated carbocycles. The predicted octanol–water partition coefficient (Wildman–Crippen LogP) is 12.8. The molecule has 0 aliphatic heterocycles. The monoisotopic (exact) mass is 617 g/mol. The fraction of sp³-hybridized carbons (Fsp3) is 0.186. The first-order chi connectivity index (χ1) is 22.0. The van der Waals surface area contributed by atoms with Gasteiger partial charge in [-0.2, -0.15) is 0 Å². The van der Waals surface area contributed by atoms with Crippen LogP contribution in [0.15, 0.2) is 127 Å². The van der Waals surface area contributed by atoms with E-state index in [0.29, 0.717) is 5.88 Å². The maximum absolute atomic E-state index is 6.36. The largest absolute Gasteiger partial charge is 0.439 e. The van der Waals surface area contributed by atoms with E-state index in [9.17, 15) is 0 Å². The molecule has 7 rings (SSSR count). The maximum atomic E-state index is 6.36. The SMILES string of the molecule is CC(C)(C)c1ccc(-c2cc(-c3ccc(C(C)(C)C)cc3)cc(-c3cccc(Oc4ccc5c(c4)sc4ccccc45)n3)c2)cc1. The van der Waals surface area contributed by atoms with Crippen molar-refractivity contribution in [3.05, 3.63) is 139 Å². The molecule has 7 aromatic rings. The van der Waals surface area contributed by atoms with Gasteiger partial charge < -0.3 is 4.74 Å². The van der Waals surface area contributed by atoms with Gasteiger partial charge in [-0.3, -0.25) is 0 Å². The Labute approximate surface area is 276 Å². The molecule has 0 unspecified atom stereocenters. The first kappa shape index (κ1) is 30.0. The molecule has 46 heavy (non-hydrogen) atoms. The van der Waals surface area contributed by atoms with Crippen LogP contribution in [0.1, 0.15) is 52.7 Å². The third kappa shape index (κ3) is 6.08. The van der Waals surface area contributed by atoms with Crippen LogP contribution in [0, 0.1) is 0 Å². The van der Waals surface area contributed by atoms with Crippen molar-refractivity contribution in [2.75, 3.05) is 0 Å². The Morgan fingerprint density at radius 3 is 1.65 bits per heavy atom. The molecule has 0 atom stereocenters. The van der Waals surface area contributed by atoms with Gasteiger partial charge in [0.25, 0.3) is 0 Å². The van der Waals surface area contributed by atoms with Gasteiger partial charge in [0.05, 0.1) is 5.69 Å². The normalized spacial score (nSPS) is 12.1. The summed E-state index contributed by atoms with van der Waals surface area (Å²) in [6.45, 7) is 13.5. The third-order valence-electron chi connectivity index (χ3n) is 8.69. The number of benzene rings is 5. The van der Waals surface area contributed by atoms with Crippen LogP contribution in [0.2, 0.25) is 0 Å². The first-order valence-electron chi connectivity index (χ1n) is 15.9. The molecule has 2 heterocycles. The van der Waals surface area contributed by atoms with Crippen LogP contribution >= 0.6 is 11.3 Å². The van der Waals surface area contributed by atoms with Crippen molar-refractivity contribution < 1.29 is 4.74 Å². The fourth-order valence-electron chi connectivity index (χ4n) is 5.96. The van der Waals surface area contributed by atoms with Crippen molar-refractivity contribution in [2.24, 2.45) is 0 Å². The lowest BCUT2D eigenvalue weighted by Gasteiger charge is -2.20. The molecule has 0 saturated heterocycles. The van der Waals surface area contributed by atoms with E-state index in [-0.39, 0.29) is 10.8 Å². The topological polar surface area (TPSA) is 22.1 Å². The van der Waals surface area contributed by atoms with Crippen molar-refractivity contribution in [1.29, 1.82) is 0 Å². The molecule has 0 aliphatic carbocycles. The number of rotatable bonds is 5. The van der Waals surface area contributed by atoms with Crippen molar-refractivity contribution >= 4 is 31.5 Å². The number of hydrogen-bond donors (Lipinski definition) is 0. The Morgan fingerprint density at radius 2 is 1.04 bits per heavy atom. The van der Waals surface area contributed by atoms with Gasteiger partial charge in [0.15, 0.2) is 0 Å². The lowest BCUT2D eigenvalue weighted by atomic mass is 9.85. The highest BCUT2D eigenvalue weighted by Crippen LogP contribution is 2.38.